The SMILES string of the molecule is CCNC(=NCc1ccc(C)cc1SC)NCCCN1CCCCCC1=O. The summed E-state index contributed by atoms with van der Waals surface area (Å²) in [6.45, 7) is 8.26. The lowest BCUT2D eigenvalue weighted by atomic mass is 10.1. The monoisotopic (exact) mass is 390 g/mol. The Morgan fingerprint density at radius 3 is 2.89 bits per heavy atom. The molecule has 5 nitrogen and oxygen atoms in total. The fourth-order valence-electron chi connectivity index (χ4n) is 3.24. The molecule has 0 saturated carbocycles. The predicted octanol–water partition coefficient (Wildman–Crippen LogP) is 3.56. The van der Waals surface area contributed by atoms with Crippen LogP contribution in [0.4, 0.5) is 0 Å². The Morgan fingerprint density at radius 1 is 1.26 bits per heavy atom. The van der Waals surface area contributed by atoms with Crippen LogP contribution in [0.1, 0.15) is 50.2 Å². The number of carbonyl (C=O) groups excluding carboxylic acids is 1. The highest BCUT2D eigenvalue weighted by atomic mass is 32.2. The molecule has 1 amide bonds. The predicted molar refractivity (Wildman–Crippen MR) is 115 cm³/mol. The minimum Gasteiger partial charge on any atom is -0.357 e. The van der Waals surface area contributed by atoms with Gasteiger partial charge in [0.15, 0.2) is 5.96 Å². The van der Waals surface area contributed by atoms with E-state index in [0.717, 1.165) is 51.4 Å². The maximum Gasteiger partial charge on any atom is 0.222 e. The number of likely N-dealkylation sites (tertiary alicyclic amines) is 1. The molecule has 0 unspecified atom stereocenters. The van der Waals surface area contributed by atoms with Crippen LogP contribution < -0.4 is 10.6 Å². The Kier molecular flexibility index (Phi) is 9.53. The minimum atomic E-state index is 0.317. The molecule has 1 saturated heterocycles. The average molecular weight is 391 g/mol. The van der Waals surface area contributed by atoms with Crippen molar-refractivity contribution < 1.29 is 4.79 Å². The molecule has 27 heavy (non-hydrogen) atoms. The van der Waals surface area contributed by atoms with E-state index in [1.165, 1.54) is 22.4 Å². The van der Waals surface area contributed by atoms with E-state index in [4.69, 9.17) is 4.99 Å². The van der Waals surface area contributed by atoms with Gasteiger partial charge in [-0.3, -0.25) is 4.79 Å². The third-order valence-corrected chi connectivity index (χ3v) is 5.58. The highest BCUT2D eigenvalue weighted by Gasteiger charge is 2.15. The average Bonchev–Trinajstić information content (AvgIpc) is 2.87. The molecule has 2 rings (SSSR count). The number of thioether (sulfide) groups is 1. The summed E-state index contributed by atoms with van der Waals surface area (Å²) in [5.41, 5.74) is 2.53. The van der Waals surface area contributed by atoms with Gasteiger partial charge in [-0.25, -0.2) is 4.99 Å². The molecule has 1 aliphatic heterocycles. The quantitative estimate of drug-likeness (QED) is 0.308. The summed E-state index contributed by atoms with van der Waals surface area (Å²) in [6, 6.07) is 6.52. The summed E-state index contributed by atoms with van der Waals surface area (Å²) < 4.78 is 0. The lowest BCUT2D eigenvalue weighted by Gasteiger charge is -2.20. The zero-order valence-corrected chi connectivity index (χ0v) is 17.8. The van der Waals surface area contributed by atoms with Crippen LogP contribution in [0.2, 0.25) is 0 Å². The van der Waals surface area contributed by atoms with Gasteiger partial charge in [0.2, 0.25) is 5.91 Å². The van der Waals surface area contributed by atoms with E-state index in [2.05, 4.69) is 48.9 Å². The van der Waals surface area contributed by atoms with Crippen molar-refractivity contribution in [1.82, 2.24) is 15.5 Å². The smallest absolute Gasteiger partial charge is 0.222 e. The topological polar surface area (TPSA) is 56.7 Å². The van der Waals surface area contributed by atoms with E-state index >= 15 is 0 Å². The summed E-state index contributed by atoms with van der Waals surface area (Å²) in [6.07, 6.45) is 7.12. The molecule has 1 aromatic rings. The molecule has 1 aliphatic rings. The van der Waals surface area contributed by atoms with Crippen molar-refractivity contribution in [2.45, 2.75) is 57.4 Å². The Morgan fingerprint density at radius 2 is 2.11 bits per heavy atom. The number of aryl methyl sites for hydroxylation is 1. The van der Waals surface area contributed by atoms with Crippen LogP contribution in [-0.4, -0.2) is 49.2 Å². The summed E-state index contributed by atoms with van der Waals surface area (Å²) >= 11 is 1.77. The Balaban J connectivity index is 1.84. The molecule has 0 aromatic heterocycles. The zero-order chi connectivity index (χ0) is 19.5. The number of guanidine groups is 1. The summed E-state index contributed by atoms with van der Waals surface area (Å²) in [5, 5.41) is 6.71. The van der Waals surface area contributed by atoms with Crippen molar-refractivity contribution in [3.8, 4) is 0 Å². The Hall–Kier alpha value is -1.69. The van der Waals surface area contributed by atoms with Crippen LogP contribution in [0, 0.1) is 6.92 Å². The first-order chi connectivity index (χ1) is 13.1. The van der Waals surface area contributed by atoms with E-state index in [1.807, 2.05) is 4.90 Å². The minimum absolute atomic E-state index is 0.317. The maximum atomic E-state index is 12.1. The number of nitrogens with one attached hydrogen (secondary N) is 2. The first-order valence-electron chi connectivity index (χ1n) is 10.1. The van der Waals surface area contributed by atoms with Gasteiger partial charge in [0.05, 0.1) is 6.54 Å². The van der Waals surface area contributed by atoms with Crippen molar-refractivity contribution in [1.29, 1.82) is 0 Å². The number of amides is 1. The first-order valence-corrected chi connectivity index (χ1v) is 11.3. The third-order valence-electron chi connectivity index (χ3n) is 4.76. The van der Waals surface area contributed by atoms with Gasteiger partial charge in [-0.15, -0.1) is 11.8 Å². The van der Waals surface area contributed by atoms with E-state index in [-0.39, 0.29) is 0 Å². The molecule has 2 N–H and O–H groups in total. The maximum absolute atomic E-state index is 12.1. The second kappa shape index (κ2) is 11.9. The van der Waals surface area contributed by atoms with Gasteiger partial charge in [-0.05, 0) is 56.6 Å². The van der Waals surface area contributed by atoms with Gasteiger partial charge in [0.1, 0.15) is 0 Å². The summed E-state index contributed by atoms with van der Waals surface area (Å²) in [5.74, 6) is 1.16. The molecule has 0 bridgehead atoms. The van der Waals surface area contributed by atoms with Gasteiger partial charge >= 0.3 is 0 Å². The van der Waals surface area contributed by atoms with Crippen molar-refractivity contribution in [3.63, 3.8) is 0 Å². The van der Waals surface area contributed by atoms with Crippen LogP contribution in [0.25, 0.3) is 0 Å². The van der Waals surface area contributed by atoms with Crippen molar-refractivity contribution in [2.75, 3.05) is 32.4 Å². The molecule has 0 spiro atoms. The van der Waals surface area contributed by atoms with Crippen LogP contribution >= 0.6 is 11.8 Å². The Labute approximate surface area is 168 Å². The second-order valence-electron chi connectivity index (χ2n) is 6.98. The van der Waals surface area contributed by atoms with Crippen LogP contribution in [0.15, 0.2) is 28.1 Å². The van der Waals surface area contributed by atoms with E-state index in [9.17, 15) is 4.79 Å². The fourth-order valence-corrected chi connectivity index (χ4v) is 3.94. The molecule has 150 valence electrons. The highest BCUT2D eigenvalue weighted by molar-refractivity contribution is 7.98. The number of rotatable bonds is 8. The van der Waals surface area contributed by atoms with Gasteiger partial charge in [0, 0.05) is 37.5 Å². The summed E-state index contributed by atoms with van der Waals surface area (Å²) in [4.78, 5) is 20.1. The number of carbonyl (C=O) groups is 1. The van der Waals surface area contributed by atoms with E-state index in [0.29, 0.717) is 18.9 Å². The molecule has 1 heterocycles. The Bertz CT molecular complexity index is 633. The molecule has 0 aliphatic carbocycles. The lowest BCUT2D eigenvalue weighted by Crippen LogP contribution is -2.39. The largest absolute Gasteiger partial charge is 0.357 e. The molecular weight excluding hydrogens is 356 g/mol. The number of benzene rings is 1. The number of hydrogen-bond acceptors (Lipinski definition) is 3. The van der Waals surface area contributed by atoms with Crippen LogP contribution in [-0.2, 0) is 11.3 Å². The number of nitrogens with zero attached hydrogens (tertiary/aromatic N) is 2. The van der Waals surface area contributed by atoms with Crippen LogP contribution in [0.5, 0.6) is 0 Å². The third kappa shape index (κ3) is 7.45. The fraction of sp³-hybridized carbons (Fsp3) is 0.619. The summed E-state index contributed by atoms with van der Waals surface area (Å²) in [7, 11) is 0. The molecule has 1 aromatic carbocycles. The van der Waals surface area contributed by atoms with Crippen molar-refractivity contribution in [2.24, 2.45) is 4.99 Å². The number of aliphatic imine (C=N–C) groups is 1. The van der Waals surface area contributed by atoms with Gasteiger partial charge in [-0.2, -0.15) is 0 Å². The normalized spacial score (nSPS) is 15.6. The van der Waals surface area contributed by atoms with Crippen LogP contribution in [0.3, 0.4) is 0 Å². The second-order valence-corrected chi connectivity index (χ2v) is 7.83. The van der Waals surface area contributed by atoms with Gasteiger partial charge in [0.25, 0.3) is 0 Å². The van der Waals surface area contributed by atoms with Crippen molar-refractivity contribution >= 4 is 23.6 Å². The van der Waals surface area contributed by atoms with Gasteiger partial charge < -0.3 is 15.5 Å². The van der Waals surface area contributed by atoms with Gasteiger partial charge in [-0.1, -0.05) is 18.6 Å². The molecule has 1 fully saturated rings. The zero-order valence-electron chi connectivity index (χ0n) is 17.0. The van der Waals surface area contributed by atoms with E-state index < -0.39 is 0 Å². The first kappa shape index (κ1) is 21.6. The molecular formula is C21H34N4OS. The highest BCUT2D eigenvalue weighted by Crippen LogP contribution is 2.22. The van der Waals surface area contributed by atoms with E-state index in [1.54, 1.807) is 11.8 Å². The molecule has 0 radical (unpaired) electrons. The standard InChI is InChI=1S/C21H34N4OS/c1-4-22-21(24-16-18-11-10-17(2)15-19(18)27-3)23-12-8-14-25-13-7-5-6-9-20(25)26/h10-11,15H,4-9,12-14,16H2,1-3H3,(H2,22,23,24). The molecule has 6 heteroatoms. The number of hydrogen-bond donors (Lipinski definition) is 2. The molecule has 0 atom stereocenters. The lowest BCUT2D eigenvalue weighted by molar-refractivity contribution is -0.130. The van der Waals surface area contributed by atoms with Crippen molar-refractivity contribution in [3.05, 3.63) is 29.3 Å².